The van der Waals surface area contributed by atoms with Crippen LogP contribution in [0.2, 0.25) is 0 Å². The lowest BCUT2D eigenvalue weighted by Crippen LogP contribution is -2.52. The number of carbonyl (C=O) groups excluding carboxylic acids is 1. The van der Waals surface area contributed by atoms with Gasteiger partial charge in [-0.1, -0.05) is 0 Å². The van der Waals surface area contributed by atoms with Crippen LogP contribution in [0.25, 0.3) is 10.6 Å². The zero-order valence-electron chi connectivity index (χ0n) is 11.4. The van der Waals surface area contributed by atoms with Gasteiger partial charge in [-0.15, -0.1) is 36.2 Å². The van der Waals surface area contributed by atoms with Gasteiger partial charge in [0.25, 0.3) is 5.91 Å². The van der Waals surface area contributed by atoms with Gasteiger partial charge in [0.2, 0.25) is 0 Å². The van der Waals surface area contributed by atoms with E-state index in [4.69, 9.17) is 4.42 Å². The number of furan rings is 1. The van der Waals surface area contributed by atoms with Crippen molar-refractivity contribution < 1.29 is 9.21 Å². The van der Waals surface area contributed by atoms with Crippen LogP contribution < -0.4 is 5.32 Å². The van der Waals surface area contributed by atoms with Gasteiger partial charge in [0, 0.05) is 36.6 Å². The smallest absolute Gasteiger partial charge is 0.273 e. The van der Waals surface area contributed by atoms with Crippen LogP contribution in [0, 0.1) is 0 Å². The Hall–Kier alpha value is -1.08. The molecule has 0 saturated carbocycles. The van der Waals surface area contributed by atoms with Crippen LogP contribution in [0.1, 0.15) is 17.4 Å². The number of aromatic nitrogens is 1. The third-order valence-corrected chi connectivity index (χ3v) is 4.14. The van der Waals surface area contributed by atoms with Crippen LogP contribution in [-0.4, -0.2) is 41.5 Å². The number of nitrogens with one attached hydrogen (secondary N) is 1. The van der Waals surface area contributed by atoms with Gasteiger partial charge in [-0.05, 0) is 13.0 Å². The molecule has 1 amide bonds. The SMILES string of the molecule is C[C@H]1CNCCN1C(=O)c1csc(-c2ccoc2)n1.Cl.Cl. The van der Waals surface area contributed by atoms with Crippen molar-refractivity contribution in [1.82, 2.24) is 15.2 Å². The normalized spacial score (nSPS) is 17.8. The highest BCUT2D eigenvalue weighted by molar-refractivity contribution is 7.13. The first-order chi connectivity index (χ1) is 9.25. The Kier molecular flexibility index (Phi) is 6.67. The van der Waals surface area contributed by atoms with Gasteiger partial charge in [-0.3, -0.25) is 4.79 Å². The molecule has 21 heavy (non-hydrogen) atoms. The highest BCUT2D eigenvalue weighted by Gasteiger charge is 2.25. The predicted octanol–water partition coefficient (Wildman–Crippen LogP) is 2.68. The molecule has 0 aliphatic carbocycles. The molecule has 3 rings (SSSR count). The molecular formula is C13H17Cl2N3O2S. The lowest BCUT2D eigenvalue weighted by Gasteiger charge is -2.33. The Balaban J connectivity index is 0.00000110. The third-order valence-electron chi connectivity index (χ3n) is 3.25. The summed E-state index contributed by atoms with van der Waals surface area (Å²) in [5.41, 5.74) is 1.44. The molecule has 0 radical (unpaired) electrons. The number of hydrogen-bond acceptors (Lipinski definition) is 5. The van der Waals surface area contributed by atoms with Crippen LogP contribution in [0.15, 0.2) is 28.4 Å². The Morgan fingerprint density at radius 1 is 1.52 bits per heavy atom. The number of hydrogen-bond donors (Lipinski definition) is 1. The maximum atomic E-state index is 12.4. The van der Waals surface area contributed by atoms with E-state index >= 15 is 0 Å². The molecule has 0 spiro atoms. The molecule has 8 heteroatoms. The minimum absolute atomic E-state index is 0. The zero-order chi connectivity index (χ0) is 13.2. The van der Waals surface area contributed by atoms with E-state index in [1.807, 2.05) is 23.3 Å². The largest absolute Gasteiger partial charge is 0.472 e. The van der Waals surface area contributed by atoms with Gasteiger partial charge in [0.15, 0.2) is 0 Å². The fourth-order valence-electron chi connectivity index (χ4n) is 2.18. The van der Waals surface area contributed by atoms with Gasteiger partial charge >= 0.3 is 0 Å². The average molecular weight is 350 g/mol. The van der Waals surface area contributed by atoms with E-state index in [0.717, 1.165) is 30.2 Å². The van der Waals surface area contributed by atoms with Crippen LogP contribution in [0.4, 0.5) is 0 Å². The minimum Gasteiger partial charge on any atom is -0.472 e. The van der Waals surface area contributed by atoms with E-state index in [1.165, 1.54) is 11.3 Å². The summed E-state index contributed by atoms with van der Waals surface area (Å²) in [5, 5.41) is 5.91. The van der Waals surface area contributed by atoms with Crippen molar-refractivity contribution in [3.8, 4) is 10.6 Å². The second kappa shape index (κ2) is 7.79. The Labute approximate surface area is 139 Å². The number of carbonyl (C=O) groups is 1. The Morgan fingerprint density at radius 2 is 2.33 bits per heavy atom. The van der Waals surface area contributed by atoms with E-state index in [2.05, 4.69) is 10.3 Å². The molecule has 116 valence electrons. The number of rotatable bonds is 2. The highest BCUT2D eigenvalue weighted by atomic mass is 35.5. The van der Waals surface area contributed by atoms with Crippen molar-refractivity contribution in [3.05, 3.63) is 29.7 Å². The molecule has 1 aliphatic heterocycles. The maximum absolute atomic E-state index is 12.4. The van der Waals surface area contributed by atoms with Crippen LogP contribution in [0.3, 0.4) is 0 Å². The average Bonchev–Trinajstić information content (AvgIpc) is 3.09. The summed E-state index contributed by atoms with van der Waals surface area (Å²) in [7, 11) is 0. The van der Waals surface area contributed by atoms with Gasteiger partial charge in [0.05, 0.1) is 6.26 Å². The third kappa shape index (κ3) is 3.77. The molecule has 5 nitrogen and oxygen atoms in total. The molecule has 1 aliphatic rings. The maximum Gasteiger partial charge on any atom is 0.273 e. The predicted molar refractivity (Wildman–Crippen MR) is 87.7 cm³/mol. The van der Waals surface area contributed by atoms with Crippen molar-refractivity contribution in [2.75, 3.05) is 19.6 Å². The fourth-order valence-corrected chi connectivity index (χ4v) is 2.96. The second-order valence-corrected chi connectivity index (χ2v) is 5.46. The second-order valence-electron chi connectivity index (χ2n) is 4.60. The first-order valence-corrected chi connectivity index (χ1v) is 7.13. The summed E-state index contributed by atoms with van der Waals surface area (Å²) >= 11 is 1.47. The van der Waals surface area contributed by atoms with Crippen LogP contribution >= 0.6 is 36.2 Å². The number of amides is 1. The van der Waals surface area contributed by atoms with Crippen molar-refractivity contribution in [2.45, 2.75) is 13.0 Å². The van der Waals surface area contributed by atoms with E-state index in [9.17, 15) is 4.79 Å². The summed E-state index contributed by atoms with van der Waals surface area (Å²) in [5.74, 6) is 0.0139. The topological polar surface area (TPSA) is 58.4 Å². The summed E-state index contributed by atoms with van der Waals surface area (Å²) in [6, 6.07) is 2.06. The number of nitrogens with zero attached hydrogens (tertiary/aromatic N) is 2. The fraction of sp³-hybridized carbons (Fsp3) is 0.385. The summed E-state index contributed by atoms with van der Waals surface area (Å²) in [6.45, 7) is 4.46. The quantitative estimate of drug-likeness (QED) is 0.905. The summed E-state index contributed by atoms with van der Waals surface area (Å²) in [4.78, 5) is 18.7. The lowest BCUT2D eigenvalue weighted by atomic mass is 10.2. The molecule has 0 unspecified atom stereocenters. The van der Waals surface area contributed by atoms with Crippen molar-refractivity contribution >= 4 is 42.1 Å². The lowest BCUT2D eigenvalue weighted by molar-refractivity contribution is 0.0650. The van der Waals surface area contributed by atoms with Gasteiger partial charge in [-0.25, -0.2) is 4.98 Å². The van der Waals surface area contributed by atoms with Crippen LogP contribution in [-0.2, 0) is 0 Å². The molecule has 1 saturated heterocycles. The molecule has 1 N–H and O–H groups in total. The molecule has 3 heterocycles. The summed E-state index contributed by atoms with van der Waals surface area (Å²) in [6.07, 6.45) is 3.25. The number of halogens is 2. The standard InChI is InChI=1S/C13H15N3O2S.2ClH/c1-9-6-14-3-4-16(9)13(17)11-8-19-12(15-11)10-2-5-18-7-10;;/h2,5,7-9,14H,3-4,6H2,1H3;2*1H/t9-;;/m0../s1. The monoisotopic (exact) mass is 349 g/mol. The number of piperazine rings is 1. The van der Waals surface area contributed by atoms with Crippen molar-refractivity contribution in [1.29, 1.82) is 0 Å². The van der Waals surface area contributed by atoms with E-state index in [-0.39, 0.29) is 36.8 Å². The first kappa shape index (κ1) is 18.0. The molecular weight excluding hydrogens is 333 g/mol. The summed E-state index contributed by atoms with van der Waals surface area (Å²) < 4.78 is 5.04. The van der Waals surface area contributed by atoms with E-state index < -0.39 is 0 Å². The zero-order valence-corrected chi connectivity index (χ0v) is 13.9. The van der Waals surface area contributed by atoms with Gasteiger partial charge in [-0.2, -0.15) is 0 Å². The highest BCUT2D eigenvalue weighted by Crippen LogP contribution is 2.24. The van der Waals surface area contributed by atoms with E-state index in [1.54, 1.807) is 12.5 Å². The Morgan fingerprint density at radius 3 is 3.00 bits per heavy atom. The molecule has 0 bridgehead atoms. The number of thiazole rings is 1. The Bertz CT molecular complexity index is 574. The van der Waals surface area contributed by atoms with Gasteiger partial charge in [0.1, 0.15) is 17.0 Å². The van der Waals surface area contributed by atoms with Crippen molar-refractivity contribution in [2.24, 2.45) is 0 Å². The molecule has 2 aromatic heterocycles. The molecule has 0 aromatic carbocycles. The van der Waals surface area contributed by atoms with Crippen LogP contribution in [0.5, 0.6) is 0 Å². The van der Waals surface area contributed by atoms with E-state index in [0.29, 0.717) is 5.69 Å². The minimum atomic E-state index is 0. The molecule has 2 aromatic rings. The van der Waals surface area contributed by atoms with Crippen molar-refractivity contribution in [3.63, 3.8) is 0 Å². The van der Waals surface area contributed by atoms with Gasteiger partial charge < -0.3 is 14.6 Å². The molecule has 1 atom stereocenters. The molecule has 1 fully saturated rings. The first-order valence-electron chi connectivity index (χ1n) is 6.25.